The number of nitrogens with two attached hydrogens (primary N) is 1. The average molecular weight is 221 g/mol. The van der Waals surface area contributed by atoms with Crippen LogP contribution in [0.5, 0.6) is 0 Å². The lowest BCUT2D eigenvalue weighted by Crippen LogP contribution is -2.26. The Morgan fingerprint density at radius 2 is 2.38 bits per heavy atom. The number of hydrogen-bond acceptors (Lipinski definition) is 3. The highest BCUT2D eigenvalue weighted by atomic mass is 16.2. The van der Waals surface area contributed by atoms with E-state index >= 15 is 0 Å². The van der Waals surface area contributed by atoms with Crippen molar-refractivity contribution in [1.82, 2.24) is 4.98 Å². The van der Waals surface area contributed by atoms with Crippen LogP contribution in [0.25, 0.3) is 0 Å². The first-order chi connectivity index (χ1) is 7.61. The second-order valence-corrected chi connectivity index (χ2v) is 4.03. The van der Waals surface area contributed by atoms with Crippen molar-refractivity contribution < 1.29 is 4.79 Å². The van der Waals surface area contributed by atoms with Crippen molar-refractivity contribution in [3.05, 3.63) is 24.5 Å². The Bertz CT molecular complexity index is 324. The number of rotatable bonds is 5. The molecule has 4 nitrogen and oxygen atoms in total. The molecule has 0 radical (unpaired) electrons. The molecule has 0 saturated heterocycles. The van der Waals surface area contributed by atoms with Crippen molar-refractivity contribution in [2.45, 2.75) is 32.2 Å². The number of aromatic nitrogens is 1. The van der Waals surface area contributed by atoms with Gasteiger partial charge in [0, 0.05) is 25.7 Å². The predicted octanol–water partition coefficient (Wildman–Crippen LogP) is 1.56. The smallest absolute Gasteiger partial charge is 0.226 e. The predicted molar refractivity (Wildman–Crippen MR) is 65.1 cm³/mol. The highest BCUT2D eigenvalue weighted by Crippen LogP contribution is 2.11. The quantitative estimate of drug-likeness (QED) is 0.821. The molecule has 4 heteroatoms. The number of nitrogens with zero attached hydrogens (tertiary/aromatic N) is 2. The van der Waals surface area contributed by atoms with Crippen LogP contribution in [0.15, 0.2) is 24.5 Å². The Morgan fingerprint density at radius 1 is 1.62 bits per heavy atom. The van der Waals surface area contributed by atoms with Gasteiger partial charge in [0.05, 0.1) is 11.9 Å². The molecule has 0 fully saturated rings. The minimum Gasteiger partial charge on any atom is -0.328 e. The van der Waals surface area contributed by atoms with E-state index < -0.39 is 0 Å². The first-order valence-corrected chi connectivity index (χ1v) is 5.53. The van der Waals surface area contributed by atoms with Crippen LogP contribution < -0.4 is 10.6 Å². The Morgan fingerprint density at radius 3 is 2.94 bits per heavy atom. The van der Waals surface area contributed by atoms with Crippen LogP contribution in [0.3, 0.4) is 0 Å². The summed E-state index contributed by atoms with van der Waals surface area (Å²) in [6.07, 6.45) is 5.63. The van der Waals surface area contributed by atoms with Gasteiger partial charge in [-0.15, -0.1) is 0 Å². The van der Waals surface area contributed by atoms with E-state index in [2.05, 4.69) is 4.98 Å². The fourth-order valence-electron chi connectivity index (χ4n) is 1.44. The van der Waals surface area contributed by atoms with E-state index in [-0.39, 0.29) is 11.9 Å². The first-order valence-electron chi connectivity index (χ1n) is 5.53. The standard InChI is InChI=1S/C12H19N3O/c1-10(13)5-3-7-12(16)15(2)11-6-4-8-14-9-11/h4,6,8-10H,3,5,7,13H2,1-2H3. The molecule has 0 saturated carbocycles. The van der Waals surface area contributed by atoms with Crippen molar-refractivity contribution in [1.29, 1.82) is 0 Å². The molecule has 0 aromatic carbocycles. The average Bonchev–Trinajstić information content (AvgIpc) is 2.28. The van der Waals surface area contributed by atoms with Crippen LogP contribution in [-0.2, 0) is 4.79 Å². The molecule has 1 aromatic heterocycles. The zero-order valence-electron chi connectivity index (χ0n) is 9.89. The van der Waals surface area contributed by atoms with Gasteiger partial charge in [-0.3, -0.25) is 9.78 Å². The molecule has 0 aliphatic rings. The topological polar surface area (TPSA) is 59.2 Å². The summed E-state index contributed by atoms with van der Waals surface area (Å²) in [6.45, 7) is 1.95. The number of anilines is 1. The number of amides is 1. The lowest BCUT2D eigenvalue weighted by Gasteiger charge is -2.16. The monoisotopic (exact) mass is 221 g/mol. The third-order valence-corrected chi connectivity index (χ3v) is 2.46. The van der Waals surface area contributed by atoms with Crippen molar-refractivity contribution in [3.63, 3.8) is 0 Å². The molecule has 0 aliphatic heterocycles. The van der Waals surface area contributed by atoms with Gasteiger partial charge in [0.25, 0.3) is 0 Å². The Kier molecular flexibility index (Phi) is 4.92. The third kappa shape index (κ3) is 3.98. The molecule has 88 valence electrons. The molecule has 0 spiro atoms. The second kappa shape index (κ2) is 6.23. The third-order valence-electron chi connectivity index (χ3n) is 2.46. The molecule has 1 rings (SSSR count). The van der Waals surface area contributed by atoms with Gasteiger partial charge in [0.2, 0.25) is 5.91 Å². The Labute approximate surface area is 96.5 Å². The van der Waals surface area contributed by atoms with Crippen molar-refractivity contribution in [2.24, 2.45) is 5.73 Å². The number of hydrogen-bond donors (Lipinski definition) is 1. The zero-order valence-corrected chi connectivity index (χ0v) is 9.89. The molecule has 1 amide bonds. The van der Waals surface area contributed by atoms with E-state index in [1.54, 1.807) is 24.3 Å². The number of carbonyl (C=O) groups excluding carboxylic acids is 1. The summed E-state index contributed by atoms with van der Waals surface area (Å²) in [5, 5.41) is 0. The molecule has 16 heavy (non-hydrogen) atoms. The van der Waals surface area contributed by atoms with Gasteiger partial charge in [0.15, 0.2) is 0 Å². The summed E-state index contributed by atoms with van der Waals surface area (Å²) < 4.78 is 0. The molecule has 2 N–H and O–H groups in total. The van der Waals surface area contributed by atoms with Crippen LogP contribution in [0.4, 0.5) is 5.69 Å². The summed E-state index contributed by atoms with van der Waals surface area (Å²) in [7, 11) is 1.77. The van der Waals surface area contributed by atoms with Crippen molar-refractivity contribution in [2.75, 3.05) is 11.9 Å². The summed E-state index contributed by atoms with van der Waals surface area (Å²) >= 11 is 0. The van der Waals surface area contributed by atoms with E-state index in [0.717, 1.165) is 18.5 Å². The molecule has 0 bridgehead atoms. The number of pyridine rings is 1. The van der Waals surface area contributed by atoms with Gasteiger partial charge in [-0.05, 0) is 31.9 Å². The van der Waals surface area contributed by atoms with Crippen LogP contribution in [0, 0.1) is 0 Å². The van der Waals surface area contributed by atoms with E-state index in [9.17, 15) is 4.79 Å². The number of carbonyl (C=O) groups is 1. The van der Waals surface area contributed by atoms with Gasteiger partial charge in [-0.1, -0.05) is 0 Å². The first kappa shape index (κ1) is 12.6. The SMILES string of the molecule is CC(N)CCCC(=O)N(C)c1cccnc1. The second-order valence-electron chi connectivity index (χ2n) is 4.03. The molecular formula is C12H19N3O. The van der Waals surface area contributed by atoms with Crippen molar-refractivity contribution >= 4 is 11.6 Å². The molecule has 0 aliphatic carbocycles. The van der Waals surface area contributed by atoms with E-state index in [1.807, 2.05) is 19.1 Å². The largest absolute Gasteiger partial charge is 0.328 e. The van der Waals surface area contributed by atoms with E-state index in [1.165, 1.54) is 0 Å². The molecule has 1 aromatic rings. The Balaban J connectivity index is 2.43. The van der Waals surface area contributed by atoms with Gasteiger partial charge >= 0.3 is 0 Å². The van der Waals surface area contributed by atoms with E-state index in [0.29, 0.717) is 6.42 Å². The van der Waals surface area contributed by atoms with Crippen LogP contribution in [0.1, 0.15) is 26.2 Å². The fourth-order valence-corrected chi connectivity index (χ4v) is 1.44. The normalized spacial score (nSPS) is 12.2. The van der Waals surface area contributed by atoms with Gasteiger partial charge < -0.3 is 10.6 Å². The molecular weight excluding hydrogens is 202 g/mol. The van der Waals surface area contributed by atoms with Crippen molar-refractivity contribution in [3.8, 4) is 0 Å². The lowest BCUT2D eigenvalue weighted by atomic mass is 10.1. The van der Waals surface area contributed by atoms with Crippen LogP contribution in [0.2, 0.25) is 0 Å². The maximum atomic E-state index is 11.8. The molecule has 1 atom stereocenters. The molecule has 1 unspecified atom stereocenters. The van der Waals surface area contributed by atoms with Gasteiger partial charge in [-0.2, -0.15) is 0 Å². The maximum Gasteiger partial charge on any atom is 0.226 e. The van der Waals surface area contributed by atoms with E-state index in [4.69, 9.17) is 5.73 Å². The van der Waals surface area contributed by atoms with Crippen LogP contribution in [-0.4, -0.2) is 24.0 Å². The van der Waals surface area contributed by atoms with Crippen LogP contribution >= 0.6 is 0 Å². The summed E-state index contributed by atoms with van der Waals surface area (Å²) in [6, 6.07) is 3.86. The minimum atomic E-state index is 0.105. The zero-order chi connectivity index (χ0) is 12.0. The maximum absolute atomic E-state index is 11.8. The summed E-state index contributed by atoms with van der Waals surface area (Å²) in [4.78, 5) is 17.4. The Hall–Kier alpha value is -1.42. The van der Waals surface area contributed by atoms with Gasteiger partial charge in [-0.25, -0.2) is 0 Å². The summed E-state index contributed by atoms with van der Waals surface area (Å²) in [5.41, 5.74) is 6.46. The minimum absolute atomic E-state index is 0.105. The van der Waals surface area contributed by atoms with Gasteiger partial charge in [0.1, 0.15) is 0 Å². The summed E-state index contributed by atoms with van der Waals surface area (Å²) in [5.74, 6) is 0.105. The fraction of sp³-hybridized carbons (Fsp3) is 0.500. The highest BCUT2D eigenvalue weighted by Gasteiger charge is 2.10. The molecule has 1 heterocycles. The lowest BCUT2D eigenvalue weighted by molar-refractivity contribution is -0.118. The highest BCUT2D eigenvalue weighted by molar-refractivity contribution is 5.92.